The number of ether oxygens (including phenoxy) is 1. The van der Waals surface area contributed by atoms with Crippen LogP contribution in [0.25, 0.3) is 0 Å². The van der Waals surface area contributed by atoms with E-state index < -0.39 is 17.9 Å². The molecule has 148 valence electrons. The van der Waals surface area contributed by atoms with E-state index in [9.17, 15) is 23.2 Å². The van der Waals surface area contributed by atoms with Gasteiger partial charge in [0.2, 0.25) is 5.78 Å². The van der Waals surface area contributed by atoms with E-state index in [2.05, 4.69) is 10.1 Å². The average Bonchev–Trinajstić information content (AvgIpc) is 2.96. The molecule has 0 atom stereocenters. The molecule has 0 unspecified atom stereocenters. The predicted octanol–water partition coefficient (Wildman–Crippen LogP) is 5.49. The number of nitrogens with zero attached hydrogens (tertiary/aromatic N) is 1. The van der Waals surface area contributed by atoms with E-state index in [1.54, 1.807) is 19.1 Å². The molecule has 8 heteroatoms. The Hall–Kier alpha value is -3.21. The fourth-order valence-corrected chi connectivity index (χ4v) is 2.31. The molecule has 2 rings (SSSR count). The lowest BCUT2D eigenvalue weighted by molar-refractivity contribution is -0.274. The van der Waals surface area contributed by atoms with Crippen LogP contribution < -0.4 is 10.1 Å². The van der Waals surface area contributed by atoms with Crippen LogP contribution in [0.3, 0.4) is 0 Å². The molecule has 1 aromatic heterocycles. The average molecular weight is 392 g/mol. The van der Waals surface area contributed by atoms with Gasteiger partial charge in [-0.05, 0) is 25.1 Å². The molecule has 2 aromatic rings. The summed E-state index contributed by atoms with van der Waals surface area (Å²) in [5, 5.41) is 12.0. The Morgan fingerprint density at radius 2 is 1.93 bits per heavy atom. The van der Waals surface area contributed by atoms with Crippen molar-refractivity contribution in [2.24, 2.45) is 0 Å². The lowest BCUT2D eigenvalue weighted by Crippen LogP contribution is -2.17. The van der Waals surface area contributed by atoms with Gasteiger partial charge in [0, 0.05) is 23.4 Å². The number of carbonyl (C=O) groups excluding carboxylic acids is 1. The SMILES string of the molecule is Cc1oc(C(C)(C)C)cc1C(=O)C(C#N)=CNc1cccc(OC(F)(F)F)c1. The number of Topliss-reactive ketones (excluding diaryl/α,β-unsaturated/α-hetero) is 1. The van der Waals surface area contributed by atoms with E-state index >= 15 is 0 Å². The lowest BCUT2D eigenvalue weighted by atomic mass is 9.92. The van der Waals surface area contributed by atoms with Gasteiger partial charge in [0.05, 0.1) is 5.56 Å². The first-order valence-electron chi connectivity index (χ1n) is 8.29. The summed E-state index contributed by atoms with van der Waals surface area (Å²) in [5.41, 5.74) is -0.0430. The van der Waals surface area contributed by atoms with Crippen LogP contribution in [0.2, 0.25) is 0 Å². The van der Waals surface area contributed by atoms with Crippen LogP contribution in [0.1, 0.15) is 42.6 Å². The topological polar surface area (TPSA) is 75.3 Å². The molecule has 0 radical (unpaired) electrons. The number of alkyl halides is 3. The van der Waals surface area contributed by atoms with Crippen molar-refractivity contribution < 1.29 is 27.1 Å². The van der Waals surface area contributed by atoms with Crippen molar-refractivity contribution in [2.45, 2.75) is 39.5 Å². The molecular formula is C20H19F3N2O3. The molecule has 28 heavy (non-hydrogen) atoms. The number of hydrogen-bond acceptors (Lipinski definition) is 5. The zero-order valence-corrected chi connectivity index (χ0v) is 15.8. The van der Waals surface area contributed by atoms with Crippen molar-refractivity contribution in [3.63, 3.8) is 0 Å². The number of halogens is 3. The zero-order chi connectivity index (χ0) is 21.1. The summed E-state index contributed by atoms with van der Waals surface area (Å²) in [6, 6.07) is 8.45. The second-order valence-corrected chi connectivity index (χ2v) is 7.05. The van der Waals surface area contributed by atoms with Gasteiger partial charge >= 0.3 is 6.36 Å². The van der Waals surface area contributed by atoms with Gasteiger partial charge in [0.1, 0.15) is 28.9 Å². The first kappa shape index (κ1) is 21.1. The van der Waals surface area contributed by atoms with Crippen molar-refractivity contribution in [3.8, 4) is 11.8 Å². The molecule has 0 fully saturated rings. The molecule has 1 aromatic carbocycles. The Labute approximate surface area is 160 Å². The summed E-state index contributed by atoms with van der Waals surface area (Å²) in [7, 11) is 0. The van der Waals surface area contributed by atoms with E-state index in [0.717, 1.165) is 18.3 Å². The van der Waals surface area contributed by atoms with Crippen LogP contribution in [-0.4, -0.2) is 12.1 Å². The van der Waals surface area contributed by atoms with Crippen LogP contribution in [-0.2, 0) is 5.41 Å². The van der Waals surface area contributed by atoms with Gasteiger partial charge in [0.25, 0.3) is 0 Å². The molecule has 0 aliphatic rings. The summed E-state index contributed by atoms with van der Waals surface area (Å²) in [6.45, 7) is 7.41. The third-order valence-electron chi connectivity index (χ3n) is 3.72. The van der Waals surface area contributed by atoms with Gasteiger partial charge in [-0.3, -0.25) is 4.79 Å². The minimum Gasteiger partial charge on any atom is -0.465 e. The van der Waals surface area contributed by atoms with Gasteiger partial charge < -0.3 is 14.5 Å². The first-order chi connectivity index (χ1) is 12.9. The van der Waals surface area contributed by atoms with Crippen molar-refractivity contribution in [2.75, 3.05) is 5.32 Å². The Kier molecular flexibility index (Phi) is 5.88. The summed E-state index contributed by atoms with van der Waals surface area (Å²) in [4.78, 5) is 12.6. The monoisotopic (exact) mass is 392 g/mol. The molecule has 1 N–H and O–H groups in total. The molecule has 0 aliphatic carbocycles. The number of aryl methyl sites for hydroxylation is 1. The molecule has 5 nitrogen and oxygen atoms in total. The third kappa shape index (κ3) is 5.39. The highest BCUT2D eigenvalue weighted by Gasteiger charge is 2.31. The van der Waals surface area contributed by atoms with Crippen molar-refractivity contribution in [1.29, 1.82) is 5.26 Å². The molecular weight excluding hydrogens is 373 g/mol. The number of allylic oxidation sites excluding steroid dienone is 1. The minimum absolute atomic E-state index is 0.216. The second-order valence-electron chi connectivity index (χ2n) is 7.05. The Bertz CT molecular complexity index is 945. The number of benzene rings is 1. The molecule has 0 saturated carbocycles. The first-order valence-corrected chi connectivity index (χ1v) is 8.29. The van der Waals surface area contributed by atoms with Gasteiger partial charge in [-0.1, -0.05) is 26.8 Å². The maximum atomic E-state index is 12.6. The largest absolute Gasteiger partial charge is 0.573 e. The maximum Gasteiger partial charge on any atom is 0.573 e. The van der Waals surface area contributed by atoms with Crippen molar-refractivity contribution >= 4 is 11.5 Å². The van der Waals surface area contributed by atoms with E-state index in [0.29, 0.717) is 11.5 Å². The van der Waals surface area contributed by atoms with Crippen LogP contribution in [0.5, 0.6) is 5.75 Å². The number of furan rings is 1. The minimum atomic E-state index is -4.81. The lowest BCUT2D eigenvalue weighted by Gasteiger charge is -2.13. The van der Waals surface area contributed by atoms with Gasteiger partial charge in [-0.15, -0.1) is 13.2 Å². The highest BCUT2D eigenvalue weighted by atomic mass is 19.4. The van der Waals surface area contributed by atoms with E-state index in [1.165, 1.54) is 12.1 Å². The van der Waals surface area contributed by atoms with Gasteiger partial charge in [-0.2, -0.15) is 5.26 Å². The number of carbonyl (C=O) groups is 1. The second kappa shape index (κ2) is 7.80. The van der Waals surface area contributed by atoms with Gasteiger partial charge in [0.15, 0.2) is 0 Å². The number of nitriles is 1. The zero-order valence-electron chi connectivity index (χ0n) is 15.8. The number of rotatable bonds is 5. The summed E-state index contributed by atoms with van der Waals surface area (Å²) in [5.74, 6) is 0.0259. The molecule has 0 bridgehead atoms. The van der Waals surface area contributed by atoms with E-state index in [4.69, 9.17) is 4.42 Å². The fourth-order valence-electron chi connectivity index (χ4n) is 2.31. The maximum absolute atomic E-state index is 12.6. The van der Waals surface area contributed by atoms with Crippen LogP contribution >= 0.6 is 0 Å². The van der Waals surface area contributed by atoms with Crippen LogP contribution in [0.15, 0.2) is 46.5 Å². The van der Waals surface area contributed by atoms with E-state index in [1.807, 2.05) is 20.8 Å². The number of nitrogens with one attached hydrogen (secondary N) is 1. The molecule has 0 aliphatic heterocycles. The molecule has 0 saturated heterocycles. The molecule has 0 amide bonds. The summed E-state index contributed by atoms with van der Waals surface area (Å²) in [6.07, 6.45) is -3.68. The Morgan fingerprint density at radius 1 is 1.25 bits per heavy atom. The van der Waals surface area contributed by atoms with Gasteiger partial charge in [-0.25, -0.2) is 0 Å². The quantitative estimate of drug-likeness (QED) is 0.414. The highest BCUT2D eigenvalue weighted by molar-refractivity contribution is 6.12. The molecule has 1 heterocycles. The third-order valence-corrected chi connectivity index (χ3v) is 3.72. The number of hydrogen-bond donors (Lipinski definition) is 1. The van der Waals surface area contributed by atoms with Crippen LogP contribution in [0.4, 0.5) is 18.9 Å². The van der Waals surface area contributed by atoms with Crippen molar-refractivity contribution in [3.05, 3.63) is 59.2 Å². The number of ketones is 1. The molecule has 0 spiro atoms. The highest BCUT2D eigenvalue weighted by Crippen LogP contribution is 2.28. The smallest absolute Gasteiger partial charge is 0.465 e. The standard InChI is InChI=1S/C20H19F3N2O3/c1-12-16(9-17(27-12)19(2,3)4)18(26)13(10-24)11-25-14-6-5-7-15(8-14)28-20(21,22)23/h5-9,11,25H,1-4H3. The Balaban J connectivity index is 2.23. The predicted molar refractivity (Wildman–Crippen MR) is 96.9 cm³/mol. The van der Waals surface area contributed by atoms with Crippen LogP contribution in [0, 0.1) is 18.3 Å². The fraction of sp³-hybridized carbons (Fsp3) is 0.300. The van der Waals surface area contributed by atoms with Crippen molar-refractivity contribution in [1.82, 2.24) is 0 Å². The normalized spacial score (nSPS) is 12.4. The summed E-state index contributed by atoms with van der Waals surface area (Å²) >= 11 is 0. The van der Waals surface area contributed by atoms with E-state index in [-0.39, 0.29) is 22.2 Å². The number of anilines is 1. The summed E-state index contributed by atoms with van der Waals surface area (Å²) < 4.78 is 46.4. The Morgan fingerprint density at radius 3 is 2.46 bits per heavy atom.